The second kappa shape index (κ2) is 6.06. The number of hydrogen-bond donors (Lipinski definition) is 0. The molecule has 0 saturated heterocycles. The van der Waals surface area contributed by atoms with Gasteiger partial charge in [0.25, 0.3) is 0 Å². The van der Waals surface area contributed by atoms with Crippen molar-refractivity contribution in [1.29, 1.82) is 5.26 Å². The number of methoxy groups -OCH3 is 1. The van der Waals surface area contributed by atoms with Gasteiger partial charge in [0, 0.05) is 0 Å². The monoisotopic (exact) mass is 291 g/mol. The first-order chi connectivity index (χ1) is 10.8. The number of tetrazole rings is 1. The Morgan fingerprint density at radius 3 is 2.64 bits per heavy atom. The predicted octanol–water partition coefficient (Wildman–Crippen LogP) is 2.27. The van der Waals surface area contributed by atoms with E-state index in [1.165, 1.54) is 0 Å². The lowest BCUT2D eigenvalue weighted by Gasteiger charge is -2.08. The zero-order valence-electron chi connectivity index (χ0n) is 12.0. The molecule has 0 bridgehead atoms. The maximum atomic E-state index is 8.83. The smallest absolute Gasteiger partial charge is 0.186 e. The highest BCUT2D eigenvalue weighted by molar-refractivity contribution is 5.63. The summed E-state index contributed by atoms with van der Waals surface area (Å²) in [5.74, 6) is 1.36. The van der Waals surface area contributed by atoms with Crippen molar-refractivity contribution in [3.8, 4) is 23.2 Å². The Bertz CT molecular complexity index is 817. The molecule has 22 heavy (non-hydrogen) atoms. The van der Waals surface area contributed by atoms with Crippen LogP contribution < -0.4 is 4.74 Å². The summed E-state index contributed by atoms with van der Waals surface area (Å²) in [6.45, 7) is 0.520. The zero-order chi connectivity index (χ0) is 15.4. The number of rotatable bonds is 4. The van der Waals surface area contributed by atoms with Gasteiger partial charge in [-0.3, -0.25) is 0 Å². The second-order valence-corrected chi connectivity index (χ2v) is 4.67. The summed E-state index contributed by atoms with van der Waals surface area (Å²) in [6, 6.07) is 17.1. The number of ether oxygens (including phenoxy) is 1. The Balaban J connectivity index is 1.93. The normalized spacial score (nSPS) is 10.2. The van der Waals surface area contributed by atoms with Crippen molar-refractivity contribution in [3.05, 3.63) is 59.7 Å². The van der Waals surface area contributed by atoms with E-state index in [1.807, 2.05) is 36.4 Å². The van der Waals surface area contributed by atoms with E-state index in [9.17, 15) is 0 Å². The number of nitrogens with zero attached hydrogens (tertiary/aromatic N) is 5. The molecule has 0 radical (unpaired) electrons. The van der Waals surface area contributed by atoms with Crippen molar-refractivity contribution in [1.82, 2.24) is 20.2 Å². The zero-order valence-corrected chi connectivity index (χ0v) is 12.0. The summed E-state index contributed by atoms with van der Waals surface area (Å²) < 4.78 is 7.07. The highest BCUT2D eigenvalue weighted by Gasteiger charge is 2.13. The Morgan fingerprint density at radius 2 is 1.91 bits per heavy atom. The minimum atomic E-state index is 0.520. The molecule has 0 atom stereocenters. The molecule has 108 valence electrons. The molecule has 6 heteroatoms. The van der Waals surface area contributed by atoms with Crippen molar-refractivity contribution >= 4 is 0 Å². The van der Waals surface area contributed by atoms with Gasteiger partial charge in [0.05, 0.1) is 30.9 Å². The SMILES string of the molecule is COc1ccccc1-c1nnnn1Cc1ccc(C#N)cc1. The number of benzene rings is 2. The van der Waals surface area contributed by atoms with Crippen LogP contribution in [0.25, 0.3) is 11.4 Å². The van der Waals surface area contributed by atoms with Gasteiger partial charge in [0.15, 0.2) is 5.82 Å². The van der Waals surface area contributed by atoms with Gasteiger partial charge in [-0.1, -0.05) is 24.3 Å². The van der Waals surface area contributed by atoms with Crippen LogP contribution in [0.2, 0.25) is 0 Å². The summed E-state index contributed by atoms with van der Waals surface area (Å²) in [4.78, 5) is 0. The number of aromatic nitrogens is 4. The number of hydrogen-bond acceptors (Lipinski definition) is 5. The van der Waals surface area contributed by atoms with Gasteiger partial charge < -0.3 is 4.74 Å². The third-order valence-corrected chi connectivity index (χ3v) is 3.30. The van der Waals surface area contributed by atoms with E-state index >= 15 is 0 Å². The van der Waals surface area contributed by atoms with E-state index in [4.69, 9.17) is 10.00 Å². The second-order valence-electron chi connectivity index (χ2n) is 4.67. The third-order valence-electron chi connectivity index (χ3n) is 3.30. The van der Waals surface area contributed by atoms with Crippen molar-refractivity contribution in [2.24, 2.45) is 0 Å². The standard InChI is InChI=1S/C16H13N5O/c1-22-15-5-3-2-4-14(15)16-18-19-20-21(16)11-13-8-6-12(10-17)7-9-13/h2-9H,11H2,1H3. The molecule has 0 amide bonds. The summed E-state index contributed by atoms with van der Waals surface area (Å²) in [5.41, 5.74) is 2.48. The molecule has 1 aromatic heterocycles. The van der Waals surface area contributed by atoms with Gasteiger partial charge in [-0.15, -0.1) is 5.10 Å². The van der Waals surface area contributed by atoms with Gasteiger partial charge in [0.1, 0.15) is 5.75 Å². The molecular weight excluding hydrogens is 278 g/mol. The first-order valence-corrected chi connectivity index (χ1v) is 6.70. The van der Waals surface area contributed by atoms with Crippen molar-refractivity contribution < 1.29 is 4.74 Å². The lowest BCUT2D eigenvalue weighted by molar-refractivity contribution is 0.416. The molecule has 0 aliphatic rings. The summed E-state index contributed by atoms with van der Waals surface area (Å²) in [7, 11) is 1.62. The quantitative estimate of drug-likeness (QED) is 0.737. The first-order valence-electron chi connectivity index (χ1n) is 6.70. The highest BCUT2D eigenvalue weighted by Crippen LogP contribution is 2.27. The minimum Gasteiger partial charge on any atom is -0.496 e. The van der Waals surface area contributed by atoms with E-state index in [2.05, 4.69) is 21.6 Å². The maximum Gasteiger partial charge on any atom is 0.186 e. The fourth-order valence-electron chi connectivity index (χ4n) is 2.19. The number of para-hydroxylation sites is 1. The van der Waals surface area contributed by atoms with E-state index in [0.717, 1.165) is 16.9 Å². The van der Waals surface area contributed by atoms with Crippen LogP contribution >= 0.6 is 0 Å². The summed E-state index contributed by atoms with van der Waals surface area (Å²) in [6.07, 6.45) is 0. The Kier molecular flexibility index (Phi) is 3.79. The van der Waals surface area contributed by atoms with Crippen LogP contribution in [0.3, 0.4) is 0 Å². The van der Waals surface area contributed by atoms with Crippen LogP contribution in [0.4, 0.5) is 0 Å². The minimum absolute atomic E-state index is 0.520. The lowest BCUT2D eigenvalue weighted by atomic mass is 10.1. The van der Waals surface area contributed by atoms with Gasteiger partial charge in [-0.05, 0) is 40.3 Å². The van der Waals surface area contributed by atoms with Gasteiger partial charge in [-0.2, -0.15) is 5.26 Å². The Labute approximate surface area is 127 Å². The van der Waals surface area contributed by atoms with Crippen LogP contribution in [0.1, 0.15) is 11.1 Å². The molecule has 3 rings (SSSR count). The average molecular weight is 291 g/mol. The molecule has 0 spiro atoms. The molecule has 0 aliphatic heterocycles. The molecule has 2 aromatic carbocycles. The molecule has 0 fully saturated rings. The van der Waals surface area contributed by atoms with Crippen LogP contribution in [0.5, 0.6) is 5.75 Å². The maximum absolute atomic E-state index is 8.83. The molecule has 6 nitrogen and oxygen atoms in total. The van der Waals surface area contributed by atoms with E-state index in [-0.39, 0.29) is 0 Å². The van der Waals surface area contributed by atoms with Crippen LogP contribution in [0, 0.1) is 11.3 Å². The Morgan fingerprint density at radius 1 is 1.14 bits per heavy atom. The van der Waals surface area contributed by atoms with E-state index < -0.39 is 0 Å². The van der Waals surface area contributed by atoms with E-state index in [1.54, 1.807) is 23.9 Å². The molecule has 1 heterocycles. The van der Waals surface area contributed by atoms with Crippen molar-refractivity contribution in [3.63, 3.8) is 0 Å². The predicted molar refractivity (Wildman–Crippen MR) is 80.1 cm³/mol. The lowest BCUT2D eigenvalue weighted by Crippen LogP contribution is -2.05. The molecule has 0 saturated carbocycles. The fourth-order valence-corrected chi connectivity index (χ4v) is 2.19. The topological polar surface area (TPSA) is 76.6 Å². The fraction of sp³-hybridized carbons (Fsp3) is 0.125. The van der Waals surface area contributed by atoms with Gasteiger partial charge in [-0.25, -0.2) is 4.68 Å². The van der Waals surface area contributed by atoms with Crippen LogP contribution in [-0.2, 0) is 6.54 Å². The number of nitriles is 1. The van der Waals surface area contributed by atoms with Crippen LogP contribution in [-0.4, -0.2) is 27.3 Å². The molecular formula is C16H13N5O. The van der Waals surface area contributed by atoms with E-state index in [0.29, 0.717) is 17.9 Å². The highest BCUT2D eigenvalue weighted by atomic mass is 16.5. The largest absolute Gasteiger partial charge is 0.496 e. The summed E-state index contributed by atoms with van der Waals surface area (Å²) >= 11 is 0. The third kappa shape index (κ3) is 2.65. The summed E-state index contributed by atoms with van der Waals surface area (Å²) in [5, 5.41) is 20.7. The van der Waals surface area contributed by atoms with Crippen molar-refractivity contribution in [2.45, 2.75) is 6.54 Å². The molecule has 3 aromatic rings. The molecule has 0 N–H and O–H groups in total. The molecule has 0 unspecified atom stereocenters. The first kappa shape index (κ1) is 13.8. The van der Waals surface area contributed by atoms with Gasteiger partial charge >= 0.3 is 0 Å². The van der Waals surface area contributed by atoms with Crippen LogP contribution in [0.15, 0.2) is 48.5 Å². The Hall–Kier alpha value is -3.20. The van der Waals surface area contributed by atoms with Gasteiger partial charge in [0.2, 0.25) is 0 Å². The van der Waals surface area contributed by atoms with Crippen molar-refractivity contribution in [2.75, 3.05) is 7.11 Å². The molecule has 0 aliphatic carbocycles. The average Bonchev–Trinajstić information content (AvgIpc) is 3.03.